The Morgan fingerprint density at radius 1 is 0.969 bits per heavy atom. The SMILES string of the molecule is O=C(OC1CCC1)N1CCC[C@H](c2ccn[nH]2)[C@@H]1COC1CCC(c2ccccc2)CC1. The van der Waals surface area contributed by atoms with Gasteiger partial charge in [0, 0.05) is 24.4 Å². The summed E-state index contributed by atoms with van der Waals surface area (Å²) >= 11 is 0. The molecule has 2 aromatic rings. The zero-order valence-corrected chi connectivity index (χ0v) is 18.8. The fourth-order valence-corrected chi connectivity index (χ4v) is 5.55. The Kier molecular flexibility index (Phi) is 6.77. The van der Waals surface area contributed by atoms with Crippen LogP contribution in [0.4, 0.5) is 4.79 Å². The highest BCUT2D eigenvalue weighted by molar-refractivity contribution is 5.68. The molecule has 0 bridgehead atoms. The Morgan fingerprint density at radius 3 is 2.47 bits per heavy atom. The molecule has 0 unspecified atom stereocenters. The van der Waals surface area contributed by atoms with E-state index >= 15 is 0 Å². The molecule has 2 saturated carbocycles. The second-order valence-corrected chi connectivity index (χ2v) is 9.68. The Hall–Kier alpha value is -2.34. The van der Waals surface area contributed by atoms with E-state index in [4.69, 9.17) is 9.47 Å². The number of hydrogen-bond acceptors (Lipinski definition) is 4. The minimum Gasteiger partial charge on any atom is -0.446 e. The van der Waals surface area contributed by atoms with Gasteiger partial charge in [-0.2, -0.15) is 5.10 Å². The van der Waals surface area contributed by atoms with Gasteiger partial charge in [0.2, 0.25) is 0 Å². The highest BCUT2D eigenvalue weighted by atomic mass is 16.6. The fraction of sp³-hybridized carbons (Fsp3) is 0.615. The largest absolute Gasteiger partial charge is 0.446 e. The van der Waals surface area contributed by atoms with Crippen LogP contribution in [-0.2, 0) is 9.47 Å². The van der Waals surface area contributed by atoms with Gasteiger partial charge in [0.05, 0.1) is 18.8 Å². The molecule has 5 rings (SSSR count). The fourth-order valence-electron chi connectivity index (χ4n) is 5.55. The number of carbonyl (C=O) groups is 1. The van der Waals surface area contributed by atoms with Crippen LogP contribution in [-0.4, -0.2) is 52.6 Å². The van der Waals surface area contributed by atoms with E-state index in [1.165, 1.54) is 5.56 Å². The molecule has 1 aliphatic heterocycles. The Bertz CT molecular complexity index is 844. The molecule has 6 heteroatoms. The molecule has 1 saturated heterocycles. The maximum absolute atomic E-state index is 13.0. The first kappa shape index (κ1) is 21.5. The molecule has 2 atom stereocenters. The van der Waals surface area contributed by atoms with Gasteiger partial charge in [-0.05, 0) is 75.3 Å². The molecule has 1 aromatic heterocycles. The van der Waals surface area contributed by atoms with Crippen LogP contribution in [0, 0.1) is 0 Å². The van der Waals surface area contributed by atoms with Gasteiger partial charge in [0.15, 0.2) is 0 Å². The monoisotopic (exact) mass is 437 g/mol. The number of carbonyl (C=O) groups excluding carboxylic acids is 1. The van der Waals surface area contributed by atoms with Gasteiger partial charge < -0.3 is 14.4 Å². The van der Waals surface area contributed by atoms with Gasteiger partial charge in [-0.3, -0.25) is 5.10 Å². The van der Waals surface area contributed by atoms with Crippen molar-refractivity contribution in [1.82, 2.24) is 15.1 Å². The lowest BCUT2D eigenvalue weighted by molar-refractivity contribution is -0.0372. The summed E-state index contributed by atoms with van der Waals surface area (Å²) in [5, 5.41) is 7.30. The van der Waals surface area contributed by atoms with E-state index in [-0.39, 0.29) is 30.3 Å². The quantitative estimate of drug-likeness (QED) is 0.658. The van der Waals surface area contributed by atoms with E-state index in [9.17, 15) is 4.79 Å². The topological polar surface area (TPSA) is 67.5 Å². The first-order chi connectivity index (χ1) is 15.8. The number of nitrogens with one attached hydrogen (secondary N) is 1. The van der Waals surface area contributed by atoms with Gasteiger partial charge in [0.1, 0.15) is 6.10 Å². The van der Waals surface area contributed by atoms with E-state index in [1.807, 2.05) is 11.0 Å². The number of ether oxygens (including phenoxy) is 2. The lowest BCUT2D eigenvalue weighted by Crippen LogP contribution is -2.51. The van der Waals surface area contributed by atoms with Crippen molar-refractivity contribution in [3.63, 3.8) is 0 Å². The third kappa shape index (κ3) is 4.85. The number of benzene rings is 1. The number of aromatic amines is 1. The zero-order valence-electron chi connectivity index (χ0n) is 18.8. The molecule has 0 radical (unpaired) electrons. The van der Waals surface area contributed by atoms with E-state index in [2.05, 4.69) is 40.5 Å². The summed E-state index contributed by atoms with van der Waals surface area (Å²) in [5.74, 6) is 0.846. The predicted molar refractivity (Wildman–Crippen MR) is 123 cm³/mol. The number of aromatic nitrogens is 2. The minimum absolute atomic E-state index is 0.0105. The van der Waals surface area contributed by atoms with Crippen LogP contribution in [0.25, 0.3) is 0 Å². The Balaban J connectivity index is 1.21. The number of rotatable bonds is 6. The van der Waals surface area contributed by atoms with Crippen molar-refractivity contribution >= 4 is 6.09 Å². The van der Waals surface area contributed by atoms with Gasteiger partial charge in [-0.15, -0.1) is 0 Å². The van der Waals surface area contributed by atoms with E-state index in [1.54, 1.807) is 6.20 Å². The lowest BCUT2D eigenvalue weighted by atomic mass is 9.82. The van der Waals surface area contributed by atoms with Crippen LogP contribution in [0.2, 0.25) is 0 Å². The second-order valence-electron chi connectivity index (χ2n) is 9.68. The standard InChI is InChI=1S/C26H35N3O3/c30-26(32-22-8-4-9-22)29-17-5-10-23(24-15-16-27-28-24)25(29)18-31-21-13-11-20(12-14-21)19-6-2-1-3-7-19/h1-3,6-7,15-16,20-23,25H,4-5,8-14,17-18H2,(H,27,28)/t20?,21?,23-,25+/m1/s1. The van der Waals surface area contributed by atoms with Gasteiger partial charge in [-0.25, -0.2) is 4.79 Å². The zero-order chi connectivity index (χ0) is 21.8. The molecule has 1 aromatic carbocycles. The van der Waals surface area contributed by atoms with Crippen LogP contribution in [0.5, 0.6) is 0 Å². The van der Waals surface area contributed by atoms with Crippen LogP contribution >= 0.6 is 0 Å². The van der Waals surface area contributed by atoms with Crippen molar-refractivity contribution in [2.75, 3.05) is 13.2 Å². The van der Waals surface area contributed by atoms with E-state index in [0.29, 0.717) is 12.5 Å². The molecule has 1 amide bonds. The van der Waals surface area contributed by atoms with Crippen molar-refractivity contribution in [3.8, 4) is 0 Å². The lowest BCUT2D eigenvalue weighted by Gasteiger charge is -2.42. The molecular weight excluding hydrogens is 402 g/mol. The second kappa shape index (κ2) is 10.1. The summed E-state index contributed by atoms with van der Waals surface area (Å²) in [7, 11) is 0. The summed E-state index contributed by atoms with van der Waals surface area (Å²) in [6, 6.07) is 12.9. The van der Waals surface area contributed by atoms with Crippen LogP contribution in [0.1, 0.15) is 80.9 Å². The third-order valence-corrected chi connectivity index (χ3v) is 7.70. The molecule has 172 valence electrons. The Labute approximate surface area is 190 Å². The van der Waals surface area contributed by atoms with Crippen molar-refractivity contribution in [1.29, 1.82) is 0 Å². The Morgan fingerprint density at radius 2 is 1.78 bits per heavy atom. The number of hydrogen-bond donors (Lipinski definition) is 1. The van der Waals surface area contributed by atoms with Crippen molar-refractivity contribution in [2.24, 2.45) is 0 Å². The molecule has 2 heterocycles. The summed E-state index contributed by atoms with van der Waals surface area (Å²) in [6.07, 6.45) is 11.6. The molecule has 1 N–H and O–H groups in total. The van der Waals surface area contributed by atoms with E-state index < -0.39 is 0 Å². The first-order valence-corrected chi connectivity index (χ1v) is 12.4. The molecule has 3 aliphatic rings. The predicted octanol–water partition coefficient (Wildman–Crippen LogP) is 5.39. The summed E-state index contributed by atoms with van der Waals surface area (Å²) in [6.45, 7) is 1.30. The first-order valence-electron chi connectivity index (χ1n) is 12.4. The number of nitrogens with zero attached hydrogens (tertiary/aromatic N) is 2. The van der Waals surface area contributed by atoms with Gasteiger partial charge >= 0.3 is 6.09 Å². The number of H-pyrrole nitrogens is 1. The number of piperidine rings is 1. The highest BCUT2D eigenvalue weighted by Gasteiger charge is 2.39. The molecule has 32 heavy (non-hydrogen) atoms. The molecular formula is C26H35N3O3. The van der Waals surface area contributed by atoms with Gasteiger partial charge in [-0.1, -0.05) is 30.3 Å². The molecule has 0 spiro atoms. The number of amides is 1. The van der Waals surface area contributed by atoms with E-state index in [0.717, 1.165) is 70.0 Å². The molecule has 6 nitrogen and oxygen atoms in total. The van der Waals surface area contributed by atoms with Crippen molar-refractivity contribution < 1.29 is 14.3 Å². The van der Waals surface area contributed by atoms with Crippen LogP contribution in [0.15, 0.2) is 42.6 Å². The highest BCUT2D eigenvalue weighted by Crippen LogP contribution is 2.36. The van der Waals surface area contributed by atoms with Crippen LogP contribution < -0.4 is 0 Å². The number of likely N-dealkylation sites (tertiary alicyclic amines) is 1. The van der Waals surface area contributed by atoms with Crippen molar-refractivity contribution in [2.45, 2.75) is 87.9 Å². The molecule has 3 fully saturated rings. The summed E-state index contributed by atoms with van der Waals surface area (Å²) in [4.78, 5) is 14.9. The van der Waals surface area contributed by atoms with Gasteiger partial charge in [0.25, 0.3) is 0 Å². The third-order valence-electron chi connectivity index (χ3n) is 7.70. The average molecular weight is 438 g/mol. The maximum Gasteiger partial charge on any atom is 0.410 e. The normalized spacial score (nSPS) is 28.8. The minimum atomic E-state index is -0.166. The molecule has 2 aliphatic carbocycles. The summed E-state index contributed by atoms with van der Waals surface area (Å²) < 4.78 is 12.3. The average Bonchev–Trinajstić information content (AvgIpc) is 3.35. The smallest absolute Gasteiger partial charge is 0.410 e. The van der Waals surface area contributed by atoms with Crippen LogP contribution in [0.3, 0.4) is 0 Å². The van der Waals surface area contributed by atoms with Crippen molar-refractivity contribution in [3.05, 3.63) is 53.9 Å². The maximum atomic E-state index is 13.0. The summed E-state index contributed by atoms with van der Waals surface area (Å²) in [5.41, 5.74) is 2.54.